The van der Waals surface area contributed by atoms with Gasteiger partial charge in [-0.1, -0.05) is 18.7 Å². The monoisotopic (exact) mass is 460 g/mol. The lowest BCUT2D eigenvalue weighted by atomic mass is 9.98. The molecule has 34 heavy (non-hydrogen) atoms. The van der Waals surface area contributed by atoms with Gasteiger partial charge in [-0.3, -0.25) is 9.47 Å². The zero-order chi connectivity index (χ0) is 24.1. The average molecular weight is 461 g/mol. The van der Waals surface area contributed by atoms with E-state index in [9.17, 15) is 4.79 Å². The minimum Gasteiger partial charge on any atom is -0.361 e. The Morgan fingerprint density at radius 2 is 1.88 bits per heavy atom. The lowest BCUT2D eigenvalue weighted by Crippen LogP contribution is -2.57. The molecule has 2 aromatic heterocycles. The standard InChI is InChI=1S/C26H29FN6O/c1-15-14-33(25-24-22(31(5)26(34)30-25)10-11-23(28-4)29-24)16(2)13-32(15)17(3)20-9-8-19(12-21(20)27)18-6-7-18/h8-12,15-18H,6-7,13-14H2,1-3,5H3/t15-,16+,17?/m1/s1. The lowest BCUT2D eigenvalue weighted by Gasteiger charge is -2.47. The number of fused-ring (bicyclic) bond motifs is 1. The van der Waals surface area contributed by atoms with Crippen LogP contribution in [0.2, 0.25) is 0 Å². The van der Waals surface area contributed by atoms with E-state index in [0.717, 1.165) is 24.0 Å². The van der Waals surface area contributed by atoms with Gasteiger partial charge in [0, 0.05) is 43.8 Å². The SMILES string of the molecule is [C-]#[N+]c1ccc2c(n1)c(N1C[C@@H](C)N(C(C)c3ccc(C4CC4)cc3F)C[C@@H]1C)nc(=O)n2C. The number of halogens is 1. The van der Waals surface area contributed by atoms with Crippen molar-refractivity contribution in [2.45, 2.75) is 57.7 Å². The van der Waals surface area contributed by atoms with Gasteiger partial charge in [-0.15, -0.1) is 4.98 Å². The van der Waals surface area contributed by atoms with E-state index in [2.05, 4.69) is 51.5 Å². The van der Waals surface area contributed by atoms with Gasteiger partial charge in [0.2, 0.25) is 5.52 Å². The van der Waals surface area contributed by atoms with Crippen molar-refractivity contribution in [3.8, 4) is 0 Å². The van der Waals surface area contributed by atoms with Gasteiger partial charge in [0.25, 0.3) is 5.82 Å². The number of pyridine rings is 1. The molecule has 0 spiro atoms. The summed E-state index contributed by atoms with van der Waals surface area (Å²) in [6.45, 7) is 14.9. The Morgan fingerprint density at radius 1 is 1.12 bits per heavy atom. The fraction of sp³-hybridized carbons (Fsp3) is 0.462. The maximum absolute atomic E-state index is 15.0. The predicted molar refractivity (Wildman–Crippen MR) is 131 cm³/mol. The molecule has 0 amide bonds. The quantitative estimate of drug-likeness (QED) is 0.535. The number of aryl methyl sites for hydroxylation is 1. The second kappa shape index (κ2) is 8.48. The number of piperazine rings is 1. The van der Waals surface area contributed by atoms with Crippen molar-refractivity contribution in [2.24, 2.45) is 7.05 Å². The molecule has 3 atom stereocenters. The fourth-order valence-corrected chi connectivity index (χ4v) is 5.18. The molecule has 3 aromatic rings. The van der Waals surface area contributed by atoms with Crippen LogP contribution in [0.4, 0.5) is 16.0 Å². The number of benzene rings is 1. The van der Waals surface area contributed by atoms with Gasteiger partial charge >= 0.3 is 5.69 Å². The first-order valence-electron chi connectivity index (χ1n) is 11.9. The summed E-state index contributed by atoms with van der Waals surface area (Å²) in [5, 5.41) is 0. The normalized spacial score (nSPS) is 22.1. The van der Waals surface area contributed by atoms with Crippen molar-refractivity contribution in [1.82, 2.24) is 19.4 Å². The predicted octanol–water partition coefficient (Wildman–Crippen LogP) is 4.56. The zero-order valence-corrected chi connectivity index (χ0v) is 20.0. The van der Waals surface area contributed by atoms with Crippen LogP contribution >= 0.6 is 0 Å². The van der Waals surface area contributed by atoms with E-state index >= 15 is 4.39 Å². The van der Waals surface area contributed by atoms with Gasteiger partial charge < -0.3 is 9.74 Å². The smallest absolute Gasteiger partial charge is 0.350 e. The van der Waals surface area contributed by atoms with Crippen LogP contribution in [0.3, 0.4) is 0 Å². The first-order chi connectivity index (χ1) is 16.3. The number of nitrogens with zero attached hydrogens (tertiary/aromatic N) is 6. The first-order valence-corrected chi connectivity index (χ1v) is 11.9. The Hall–Kier alpha value is -3.31. The molecule has 1 unspecified atom stereocenters. The highest BCUT2D eigenvalue weighted by Crippen LogP contribution is 2.41. The number of rotatable bonds is 4. The topological polar surface area (TPSA) is 58.6 Å². The zero-order valence-electron chi connectivity index (χ0n) is 20.0. The van der Waals surface area contributed by atoms with Crippen LogP contribution < -0.4 is 10.6 Å². The molecule has 1 aromatic carbocycles. The number of aromatic nitrogens is 3. The molecular weight excluding hydrogens is 431 g/mol. The molecule has 1 aliphatic heterocycles. The maximum atomic E-state index is 15.0. The highest BCUT2D eigenvalue weighted by Gasteiger charge is 2.36. The molecular formula is C26H29FN6O. The highest BCUT2D eigenvalue weighted by molar-refractivity contribution is 5.87. The third-order valence-electron chi connectivity index (χ3n) is 7.36. The van der Waals surface area contributed by atoms with Crippen molar-refractivity contribution in [3.63, 3.8) is 0 Å². The summed E-state index contributed by atoms with van der Waals surface area (Å²) in [7, 11) is 1.66. The Morgan fingerprint density at radius 3 is 2.56 bits per heavy atom. The van der Waals surface area contributed by atoms with Crippen molar-refractivity contribution in [3.05, 3.63) is 69.2 Å². The van der Waals surface area contributed by atoms with E-state index in [4.69, 9.17) is 6.57 Å². The van der Waals surface area contributed by atoms with Gasteiger partial charge in [0.15, 0.2) is 5.82 Å². The first kappa shape index (κ1) is 22.5. The Balaban J connectivity index is 1.45. The third-order valence-corrected chi connectivity index (χ3v) is 7.36. The maximum Gasteiger partial charge on any atom is 0.350 e. The summed E-state index contributed by atoms with van der Waals surface area (Å²) in [4.78, 5) is 29.3. The molecule has 176 valence electrons. The van der Waals surface area contributed by atoms with Crippen molar-refractivity contribution in [2.75, 3.05) is 18.0 Å². The largest absolute Gasteiger partial charge is 0.361 e. The Kier molecular flexibility index (Phi) is 5.61. The van der Waals surface area contributed by atoms with E-state index < -0.39 is 0 Å². The van der Waals surface area contributed by atoms with Crippen LogP contribution in [-0.4, -0.2) is 44.6 Å². The van der Waals surface area contributed by atoms with Crippen LogP contribution in [0.1, 0.15) is 56.7 Å². The van der Waals surface area contributed by atoms with Crippen LogP contribution in [0.5, 0.6) is 0 Å². The second-order valence-corrected chi connectivity index (χ2v) is 9.70. The molecule has 2 fully saturated rings. The van der Waals surface area contributed by atoms with E-state index in [0.29, 0.717) is 35.9 Å². The molecule has 2 aliphatic rings. The molecule has 1 saturated carbocycles. The van der Waals surface area contributed by atoms with Crippen molar-refractivity contribution in [1.29, 1.82) is 0 Å². The van der Waals surface area contributed by atoms with Crippen LogP contribution in [0, 0.1) is 12.4 Å². The summed E-state index contributed by atoms with van der Waals surface area (Å²) in [5.41, 5.74) is 2.68. The lowest BCUT2D eigenvalue weighted by molar-refractivity contribution is 0.117. The molecule has 0 radical (unpaired) electrons. The van der Waals surface area contributed by atoms with Crippen LogP contribution in [-0.2, 0) is 7.05 Å². The number of hydrogen-bond acceptors (Lipinski definition) is 5. The van der Waals surface area contributed by atoms with Gasteiger partial charge in [-0.25, -0.2) is 9.18 Å². The highest BCUT2D eigenvalue weighted by atomic mass is 19.1. The number of anilines is 1. The molecule has 8 heteroatoms. The molecule has 0 N–H and O–H groups in total. The van der Waals surface area contributed by atoms with Gasteiger partial charge in [0.1, 0.15) is 5.82 Å². The summed E-state index contributed by atoms with van der Waals surface area (Å²) in [5.74, 6) is 1.18. The van der Waals surface area contributed by atoms with E-state index in [1.165, 1.54) is 4.57 Å². The Labute approximate surface area is 198 Å². The fourth-order valence-electron chi connectivity index (χ4n) is 5.18. The van der Waals surface area contributed by atoms with Gasteiger partial charge in [-0.05, 0) is 63.3 Å². The molecule has 5 rings (SSSR count). The minimum absolute atomic E-state index is 0.0219. The molecule has 3 heterocycles. The summed E-state index contributed by atoms with van der Waals surface area (Å²) >= 11 is 0. The van der Waals surface area contributed by atoms with E-state index in [1.54, 1.807) is 25.2 Å². The van der Waals surface area contributed by atoms with Crippen LogP contribution in [0.15, 0.2) is 35.1 Å². The summed E-state index contributed by atoms with van der Waals surface area (Å²) in [6.07, 6.45) is 2.31. The third kappa shape index (κ3) is 3.84. The molecule has 7 nitrogen and oxygen atoms in total. The van der Waals surface area contributed by atoms with Crippen LogP contribution in [0.25, 0.3) is 15.9 Å². The number of hydrogen-bond donors (Lipinski definition) is 0. The Bertz CT molecular complexity index is 1360. The minimum atomic E-state index is -0.353. The van der Waals surface area contributed by atoms with Crippen molar-refractivity contribution >= 4 is 22.7 Å². The molecule has 1 saturated heterocycles. The molecule has 1 aliphatic carbocycles. The van der Waals surface area contributed by atoms with E-state index in [1.807, 2.05) is 6.07 Å². The summed E-state index contributed by atoms with van der Waals surface area (Å²) in [6, 6.07) is 9.15. The van der Waals surface area contributed by atoms with Crippen molar-refractivity contribution < 1.29 is 4.39 Å². The summed E-state index contributed by atoms with van der Waals surface area (Å²) < 4.78 is 16.5. The van der Waals surface area contributed by atoms with Gasteiger partial charge in [0.05, 0.1) is 5.52 Å². The molecule has 0 bridgehead atoms. The van der Waals surface area contributed by atoms with Gasteiger partial charge in [-0.2, -0.15) is 4.98 Å². The second-order valence-electron chi connectivity index (χ2n) is 9.70. The van der Waals surface area contributed by atoms with E-state index in [-0.39, 0.29) is 35.5 Å². The average Bonchev–Trinajstić information content (AvgIpc) is 3.67.